The number of allylic oxidation sites excluding steroid dienone is 1. The van der Waals surface area contributed by atoms with Gasteiger partial charge in [0.25, 0.3) is 5.91 Å². The molecule has 2 rings (SSSR count). The molecule has 0 saturated carbocycles. The van der Waals surface area contributed by atoms with Gasteiger partial charge in [-0.25, -0.2) is 5.43 Å². The van der Waals surface area contributed by atoms with Crippen LogP contribution in [0, 0.1) is 0 Å². The predicted octanol–water partition coefficient (Wildman–Crippen LogP) is 4.97. The van der Waals surface area contributed by atoms with E-state index in [2.05, 4.69) is 5.43 Å². The molecule has 8 heteroatoms. The Balaban J connectivity index is 0.00000163. The Morgan fingerprint density at radius 3 is 2.27 bits per heavy atom. The second-order valence-corrected chi connectivity index (χ2v) is 6.83. The van der Waals surface area contributed by atoms with Crippen molar-refractivity contribution in [1.29, 1.82) is 0 Å². The molecule has 1 aliphatic heterocycles. The minimum atomic E-state index is -4.40. The molecule has 0 fully saturated rings. The Kier molecular flexibility index (Phi) is 8.62. The molecule has 1 amide bonds. The monoisotopic (exact) mass is 391 g/mol. The zero-order valence-electron chi connectivity index (χ0n) is 16.0. The summed E-state index contributed by atoms with van der Waals surface area (Å²) in [5, 5.41) is 0.979. The highest BCUT2D eigenvalue weighted by atomic mass is 32.1. The summed E-state index contributed by atoms with van der Waals surface area (Å²) in [6.07, 6.45) is -1.51. The molecule has 1 aromatic heterocycles. The SMILES string of the molecule is CC.CCCN(CCC)C(=O)c1ccc(C2C=C(C(F)(F)F)N(C)N2)s1. The van der Waals surface area contributed by atoms with Crippen LogP contribution < -0.4 is 5.43 Å². The van der Waals surface area contributed by atoms with Crippen molar-refractivity contribution >= 4 is 17.2 Å². The smallest absolute Gasteiger partial charge is 0.338 e. The highest BCUT2D eigenvalue weighted by Gasteiger charge is 2.41. The standard InChI is InChI=1S/C16H22F3N3OS.C2H6/c1-4-8-22(9-5-2)15(23)13-7-6-12(24-13)11-10-14(16(17,18)19)21(3)20-11;1-2/h6-7,10-11,20H,4-5,8-9H2,1-3H3;1-2H3. The van der Waals surface area contributed by atoms with Gasteiger partial charge in [-0.2, -0.15) is 13.2 Å². The van der Waals surface area contributed by atoms with Crippen molar-refractivity contribution in [3.8, 4) is 0 Å². The van der Waals surface area contributed by atoms with Crippen molar-refractivity contribution in [2.75, 3.05) is 20.1 Å². The second kappa shape index (κ2) is 9.97. The van der Waals surface area contributed by atoms with Crippen molar-refractivity contribution in [3.63, 3.8) is 0 Å². The Bertz CT molecular complexity index is 607. The third-order valence-corrected chi connectivity index (χ3v) is 4.88. The number of carbonyl (C=O) groups excluding carboxylic acids is 1. The maximum atomic E-state index is 12.9. The fourth-order valence-electron chi connectivity index (χ4n) is 2.66. The molecule has 4 nitrogen and oxygen atoms in total. The van der Waals surface area contributed by atoms with Crippen LogP contribution >= 0.6 is 11.3 Å². The third-order valence-electron chi connectivity index (χ3n) is 3.73. The summed E-state index contributed by atoms with van der Waals surface area (Å²) in [6.45, 7) is 9.39. The van der Waals surface area contributed by atoms with Crippen LogP contribution in [0.5, 0.6) is 0 Å². The molecule has 1 atom stereocenters. The van der Waals surface area contributed by atoms with Crippen LogP contribution in [-0.2, 0) is 0 Å². The normalized spacial score (nSPS) is 16.8. The van der Waals surface area contributed by atoms with Crippen LogP contribution in [0.25, 0.3) is 0 Å². The van der Waals surface area contributed by atoms with E-state index in [0.717, 1.165) is 23.9 Å². The summed E-state index contributed by atoms with van der Waals surface area (Å²) in [6, 6.07) is 2.85. The number of amides is 1. The van der Waals surface area contributed by atoms with Gasteiger partial charge in [-0.1, -0.05) is 27.7 Å². The summed E-state index contributed by atoms with van der Waals surface area (Å²) in [5.41, 5.74) is 2.05. The first-order valence-electron chi connectivity index (χ1n) is 8.95. The van der Waals surface area contributed by atoms with Gasteiger partial charge in [-0.15, -0.1) is 11.3 Å². The molecule has 0 aromatic carbocycles. The van der Waals surface area contributed by atoms with Gasteiger partial charge in [0.1, 0.15) is 5.70 Å². The van der Waals surface area contributed by atoms with Crippen LogP contribution in [0.2, 0.25) is 0 Å². The Labute approximate surface area is 157 Å². The van der Waals surface area contributed by atoms with E-state index in [1.165, 1.54) is 18.4 Å². The molecule has 1 aromatic rings. The number of carbonyl (C=O) groups is 1. The lowest BCUT2D eigenvalue weighted by Gasteiger charge is -2.20. The Hall–Kier alpha value is -1.54. The number of hydrogen-bond acceptors (Lipinski definition) is 4. The number of hydrogen-bond donors (Lipinski definition) is 1. The molecule has 26 heavy (non-hydrogen) atoms. The van der Waals surface area contributed by atoms with E-state index < -0.39 is 17.9 Å². The first-order valence-corrected chi connectivity index (χ1v) is 9.77. The first kappa shape index (κ1) is 22.5. The molecule has 1 unspecified atom stereocenters. The summed E-state index contributed by atoms with van der Waals surface area (Å²) >= 11 is 1.24. The average molecular weight is 392 g/mol. The van der Waals surface area contributed by atoms with E-state index in [1.807, 2.05) is 27.7 Å². The highest BCUT2D eigenvalue weighted by molar-refractivity contribution is 7.14. The molecular weight excluding hydrogens is 363 g/mol. The minimum absolute atomic E-state index is 0.0543. The number of hydrazine groups is 1. The molecule has 1 N–H and O–H groups in total. The topological polar surface area (TPSA) is 35.6 Å². The van der Waals surface area contributed by atoms with E-state index in [9.17, 15) is 18.0 Å². The first-order chi connectivity index (χ1) is 12.3. The summed E-state index contributed by atoms with van der Waals surface area (Å²) in [4.78, 5) is 15.6. The number of rotatable bonds is 6. The van der Waals surface area contributed by atoms with Crippen LogP contribution in [0.3, 0.4) is 0 Å². The minimum Gasteiger partial charge on any atom is -0.338 e. The van der Waals surface area contributed by atoms with Gasteiger partial charge in [-0.3, -0.25) is 4.79 Å². The zero-order chi connectivity index (χ0) is 19.9. The highest BCUT2D eigenvalue weighted by Crippen LogP contribution is 2.36. The van der Waals surface area contributed by atoms with Crippen molar-refractivity contribution in [2.45, 2.75) is 52.8 Å². The third kappa shape index (κ3) is 5.48. The van der Waals surface area contributed by atoms with E-state index in [4.69, 9.17) is 0 Å². The molecule has 1 aliphatic rings. The maximum Gasteiger partial charge on any atom is 0.432 e. The largest absolute Gasteiger partial charge is 0.432 e. The van der Waals surface area contributed by atoms with E-state index in [-0.39, 0.29) is 5.91 Å². The van der Waals surface area contributed by atoms with Crippen molar-refractivity contribution in [1.82, 2.24) is 15.3 Å². The summed E-state index contributed by atoms with van der Waals surface area (Å²) < 4.78 is 38.7. The molecule has 148 valence electrons. The van der Waals surface area contributed by atoms with Crippen molar-refractivity contribution in [2.24, 2.45) is 0 Å². The number of nitrogens with zero attached hydrogens (tertiary/aromatic N) is 2. The number of nitrogens with one attached hydrogen (secondary N) is 1. The predicted molar refractivity (Wildman–Crippen MR) is 99.9 cm³/mol. The number of halogens is 3. The van der Waals surface area contributed by atoms with Crippen LogP contribution in [0.4, 0.5) is 13.2 Å². The lowest BCUT2D eigenvalue weighted by Crippen LogP contribution is -2.34. The summed E-state index contributed by atoms with van der Waals surface area (Å²) in [7, 11) is 1.34. The zero-order valence-corrected chi connectivity index (χ0v) is 16.8. The van der Waals surface area contributed by atoms with Gasteiger partial charge in [-0.05, 0) is 31.1 Å². The molecule has 2 heterocycles. The number of thiophene rings is 1. The van der Waals surface area contributed by atoms with Crippen LogP contribution in [0.1, 0.15) is 61.1 Å². The number of alkyl halides is 3. The van der Waals surface area contributed by atoms with Gasteiger partial charge in [0.15, 0.2) is 0 Å². The van der Waals surface area contributed by atoms with E-state index >= 15 is 0 Å². The fourth-order valence-corrected chi connectivity index (χ4v) is 3.65. The van der Waals surface area contributed by atoms with Crippen molar-refractivity contribution < 1.29 is 18.0 Å². The molecular formula is C18H28F3N3OS. The van der Waals surface area contributed by atoms with Gasteiger partial charge in [0.2, 0.25) is 0 Å². The maximum absolute atomic E-state index is 12.9. The van der Waals surface area contributed by atoms with Crippen LogP contribution in [-0.4, -0.2) is 42.1 Å². The van der Waals surface area contributed by atoms with Crippen molar-refractivity contribution in [3.05, 3.63) is 33.7 Å². The lowest BCUT2D eigenvalue weighted by atomic mass is 10.2. The lowest BCUT2D eigenvalue weighted by molar-refractivity contribution is -0.110. The fraction of sp³-hybridized carbons (Fsp3) is 0.611. The van der Waals surface area contributed by atoms with Gasteiger partial charge < -0.3 is 9.91 Å². The van der Waals surface area contributed by atoms with E-state index in [1.54, 1.807) is 17.0 Å². The van der Waals surface area contributed by atoms with Crippen LogP contribution in [0.15, 0.2) is 23.9 Å². The molecule has 0 aliphatic carbocycles. The quantitative estimate of drug-likeness (QED) is 0.743. The molecule has 0 bridgehead atoms. The molecule has 0 saturated heterocycles. The summed E-state index contributed by atoms with van der Waals surface area (Å²) in [5.74, 6) is -0.0543. The molecule has 0 radical (unpaired) electrons. The average Bonchev–Trinajstić information content (AvgIpc) is 3.22. The van der Waals surface area contributed by atoms with E-state index in [0.29, 0.717) is 22.8 Å². The van der Waals surface area contributed by atoms with Gasteiger partial charge >= 0.3 is 6.18 Å². The Morgan fingerprint density at radius 1 is 1.23 bits per heavy atom. The second-order valence-electron chi connectivity index (χ2n) is 5.71. The molecule has 0 spiro atoms. The van der Waals surface area contributed by atoms with Gasteiger partial charge in [0, 0.05) is 25.0 Å². The van der Waals surface area contributed by atoms with Gasteiger partial charge in [0.05, 0.1) is 10.9 Å². The Morgan fingerprint density at radius 2 is 1.81 bits per heavy atom.